The lowest BCUT2D eigenvalue weighted by molar-refractivity contribution is 0.209. The molecule has 0 aromatic heterocycles. The summed E-state index contributed by atoms with van der Waals surface area (Å²) in [7, 11) is 2.28. The number of aryl methyl sites for hydroxylation is 2. The third-order valence-corrected chi connectivity index (χ3v) is 6.99. The lowest BCUT2D eigenvalue weighted by Crippen LogP contribution is -2.36. The Bertz CT molecular complexity index is 1010. The highest BCUT2D eigenvalue weighted by atomic mass is 15.1. The van der Waals surface area contributed by atoms with E-state index in [-0.39, 0.29) is 0 Å². The van der Waals surface area contributed by atoms with Gasteiger partial charge in [0, 0.05) is 19.1 Å². The second-order valence-electron chi connectivity index (χ2n) is 9.30. The molecule has 0 fully saturated rings. The topological polar surface area (TPSA) is 6.48 Å². The number of likely N-dealkylation sites (N-methyl/N-ethyl adjacent to an activating group) is 1. The van der Waals surface area contributed by atoms with Gasteiger partial charge in [-0.05, 0) is 98.8 Å². The Labute approximate surface area is 182 Å². The van der Waals surface area contributed by atoms with Crippen molar-refractivity contribution in [3.8, 4) is 0 Å². The smallest absolute Gasteiger partial charge is 0.0236 e. The summed E-state index contributed by atoms with van der Waals surface area (Å²) in [6.45, 7) is 11.5. The molecular formula is C28H36N2. The van der Waals surface area contributed by atoms with E-state index in [1.807, 2.05) is 0 Å². The van der Waals surface area contributed by atoms with Crippen molar-refractivity contribution < 1.29 is 0 Å². The van der Waals surface area contributed by atoms with Crippen molar-refractivity contribution in [2.45, 2.75) is 52.6 Å². The second-order valence-corrected chi connectivity index (χ2v) is 9.30. The molecule has 1 aliphatic rings. The summed E-state index contributed by atoms with van der Waals surface area (Å²) in [4.78, 5) is 5.17. The van der Waals surface area contributed by atoms with Crippen molar-refractivity contribution in [3.05, 3.63) is 82.4 Å². The molecule has 0 spiro atoms. The molecule has 3 aromatic rings. The monoisotopic (exact) mass is 400 g/mol. The molecule has 0 aliphatic carbocycles. The highest BCUT2D eigenvalue weighted by molar-refractivity contribution is 5.83. The highest BCUT2D eigenvalue weighted by Gasteiger charge is 2.17. The zero-order valence-corrected chi connectivity index (χ0v) is 19.1. The quantitative estimate of drug-likeness (QED) is 0.497. The number of rotatable bonds is 7. The number of fused-ring (bicyclic) bond motifs is 2. The zero-order valence-electron chi connectivity index (χ0n) is 19.1. The highest BCUT2D eigenvalue weighted by Crippen LogP contribution is 2.23. The number of hydrogen-bond donors (Lipinski definition) is 0. The summed E-state index contributed by atoms with van der Waals surface area (Å²) in [6, 6.07) is 20.9. The Morgan fingerprint density at radius 1 is 0.933 bits per heavy atom. The maximum Gasteiger partial charge on any atom is 0.0236 e. The molecule has 1 aliphatic heterocycles. The standard InChI is InChI=1S/C28H36N2/c1-21-16-27-12-15-30(20-28(27)17-22(21)2)14-7-13-29(4)23(3)18-24-10-11-25-8-5-6-9-26(25)19-24/h5-6,8-11,16-17,19,23H,7,12-15,18,20H2,1-4H3. The molecule has 3 aromatic carbocycles. The van der Waals surface area contributed by atoms with Gasteiger partial charge in [0.2, 0.25) is 0 Å². The molecule has 1 unspecified atom stereocenters. The predicted octanol–water partition coefficient (Wildman–Crippen LogP) is 5.77. The minimum absolute atomic E-state index is 0.555. The van der Waals surface area contributed by atoms with Gasteiger partial charge < -0.3 is 4.90 Å². The van der Waals surface area contributed by atoms with E-state index in [0.717, 1.165) is 19.5 Å². The van der Waals surface area contributed by atoms with Gasteiger partial charge in [-0.3, -0.25) is 4.90 Å². The van der Waals surface area contributed by atoms with Gasteiger partial charge in [-0.25, -0.2) is 0 Å². The maximum absolute atomic E-state index is 2.64. The Hall–Kier alpha value is -2.16. The van der Waals surface area contributed by atoms with Crippen molar-refractivity contribution in [1.82, 2.24) is 9.80 Å². The predicted molar refractivity (Wildman–Crippen MR) is 129 cm³/mol. The Balaban J connectivity index is 1.26. The summed E-state index contributed by atoms with van der Waals surface area (Å²) in [5.41, 5.74) is 7.41. The fraction of sp³-hybridized carbons (Fsp3) is 0.429. The normalized spacial score (nSPS) is 15.5. The third-order valence-electron chi connectivity index (χ3n) is 6.99. The van der Waals surface area contributed by atoms with Crippen LogP contribution in [0, 0.1) is 13.8 Å². The van der Waals surface area contributed by atoms with Crippen LogP contribution in [0.5, 0.6) is 0 Å². The van der Waals surface area contributed by atoms with E-state index in [1.165, 1.54) is 53.4 Å². The van der Waals surface area contributed by atoms with E-state index in [9.17, 15) is 0 Å². The van der Waals surface area contributed by atoms with Crippen molar-refractivity contribution in [2.24, 2.45) is 0 Å². The minimum atomic E-state index is 0.555. The van der Waals surface area contributed by atoms with Crippen molar-refractivity contribution in [3.63, 3.8) is 0 Å². The van der Waals surface area contributed by atoms with Gasteiger partial charge >= 0.3 is 0 Å². The van der Waals surface area contributed by atoms with Gasteiger partial charge in [0.1, 0.15) is 0 Å². The van der Waals surface area contributed by atoms with E-state index in [0.29, 0.717) is 6.04 Å². The SMILES string of the molecule is Cc1cc2c(cc1C)CN(CCCN(C)C(C)Cc1ccc3ccccc3c1)CC2. The summed E-state index contributed by atoms with van der Waals surface area (Å²) >= 11 is 0. The first kappa shape index (κ1) is 21.1. The van der Waals surface area contributed by atoms with Gasteiger partial charge in [-0.15, -0.1) is 0 Å². The van der Waals surface area contributed by atoms with Crippen molar-refractivity contribution in [2.75, 3.05) is 26.7 Å². The van der Waals surface area contributed by atoms with Crippen LogP contribution in [0.4, 0.5) is 0 Å². The molecule has 30 heavy (non-hydrogen) atoms. The number of nitrogens with zero attached hydrogens (tertiary/aromatic N) is 2. The van der Waals surface area contributed by atoms with E-state index >= 15 is 0 Å². The fourth-order valence-corrected chi connectivity index (χ4v) is 4.73. The molecule has 2 heteroatoms. The van der Waals surface area contributed by atoms with E-state index in [2.05, 4.69) is 92.2 Å². The molecule has 1 atom stereocenters. The van der Waals surface area contributed by atoms with Crippen LogP contribution < -0.4 is 0 Å². The van der Waals surface area contributed by atoms with E-state index in [4.69, 9.17) is 0 Å². The molecule has 0 bridgehead atoms. The molecular weight excluding hydrogens is 364 g/mol. The molecule has 0 amide bonds. The van der Waals surface area contributed by atoms with E-state index in [1.54, 1.807) is 11.1 Å². The molecule has 4 rings (SSSR count). The van der Waals surface area contributed by atoms with Crippen LogP contribution in [0.2, 0.25) is 0 Å². The number of hydrogen-bond acceptors (Lipinski definition) is 2. The van der Waals surface area contributed by atoms with Gasteiger partial charge in [0.05, 0.1) is 0 Å². The molecule has 158 valence electrons. The average Bonchev–Trinajstić information content (AvgIpc) is 2.74. The van der Waals surface area contributed by atoms with Gasteiger partial charge in [0.25, 0.3) is 0 Å². The zero-order chi connectivity index (χ0) is 21.1. The first-order valence-corrected chi connectivity index (χ1v) is 11.5. The number of benzene rings is 3. The van der Waals surface area contributed by atoms with E-state index < -0.39 is 0 Å². The second kappa shape index (κ2) is 9.32. The molecule has 2 nitrogen and oxygen atoms in total. The molecule has 0 radical (unpaired) electrons. The lowest BCUT2D eigenvalue weighted by atomic mass is 9.94. The van der Waals surface area contributed by atoms with Crippen molar-refractivity contribution >= 4 is 10.8 Å². The third kappa shape index (κ3) is 4.94. The summed E-state index contributed by atoms with van der Waals surface area (Å²) in [5.74, 6) is 0. The summed E-state index contributed by atoms with van der Waals surface area (Å²) in [5, 5.41) is 2.68. The molecule has 0 N–H and O–H groups in total. The van der Waals surface area contributed by atoms with Crippen LogP contribution >= 0.6 is 0 Å². The Morgan fingerprint density at radius 2 is 1.67 bits per heavy atom. The van der Waals surface area contributed by atoms with Gasteiger partial charge in [-0.2, -0.15) is 0 Å². The molecule has 0 saturated carbocycles. The minimum Gasteiger partial charge on any atom is -0.303 e. The molecule has 0 saturated heterocycles. The first-order valence-electron chi connectivity index (χ1n) is 11.5. The summed E-state index contributed by atoms with van der Waals surface area (Å²) in [6.07, 6.45) is 3.54. The van der Waals surface area contributed by atoms with Crippen LogP contribution in [0.3, 0.4) is 0 Å². The largest absolute Gasteiger partial charge is 0.303 e. The first-order chi connectivity index (χ1) is 14.5. The fourth-order valence-electron chi connectivity index (χ4n) is 4.73. The van der Waals surface area contributed by atoms with Gasteiger partial charge in [0.15, 0.2) is 0 Å². The van der Waals surface area contributed by atoms with Crippen LogP contribution in [-0.2, 0) is 19.4 Å². The Kier molecular flexibility index (Phi) is 6.55. The lowest BCUT2D eigenvalue weighted by Gasteiger charge is -2.31. The Morgan fingerprint density at radius 3 is 2.47 bits per heavy atom. The van der Waals surface area contributed by atoms with Gasteiger partial charge in [-0.1, -0.05) is 54.6 Å². The van der Waals surface area contributed by atoms with Crippen LogP contribution in [0.1, 0.15) is 41.2 Å². The average molecular weight is 401 g/mol. The van der Waals surface area contributed by atoms with Crippen LogP contribution in [-0.4, -0.2) is 42.5 Å². The van der Waals surface area contributed by atoms with Crippen LogP contribution in [0.15, 0.2) is 54.6 Å². The van der Waals surface area contributed by atoms with Crippen LogP contribution in [0.25, 0.3) is 10.8 Å². The molecule has 1 heterocycles. The van der Waals surface area contributed by atoms with Crippen molar-refractivity contribution in [1.29, 1.82) is 0 Å². The summed E-state index contributed by atoms with van der Waals surface area (Å²) < 4.78 is 0. The maximum atomic E-state index is 2.64.